The first-order valence-corrected chi connectivity index (χ1v) is 9.96. The van der Waals surface area contributed by atoms with E-state index in [1.54, 1.807) is 0 Å². The Balaban J connectivity index is 1.58. The Kier molecular flexibility index (Phi) is 5.75. The van der Waals surface area contributed by atoms with Gasteiger partial charge in [-0.15, -0.1) is 21.5 Å². The molecule has 3 rings (SSSR count). The summed E-state index contributed by atoms with van der Waals surface area (Å²) < 4.78 is 0.679. The minimum absolute atomic E-state index is 0.164. The van der Waals surface area contributed by atoms with Gasteiger partial charge in [0.2, 0.25) is 5.13 Å². The molecule has 3 aromatic rings. The standard InChI is InChI=1S/C16H13N5OS3/c1-10-8-23-14(18-10)12(7-17)13(22)9-24-16-21-20-15(25-16)19-11-5-3-2-4-6-11/h2-6,8,12H,9H2,1H3,(H,19,20)/t12-/m0/s1. The highest BCUT2D eigenvalue weighted by atomic mass is 32.2. The molecule has 1 atom stereocenters. The summed E-state index contributed by atoms with van der Waals surface area (Å²) in [5, 5.41) is 23.6. The van der Waals surface area contributed by atoms with Gasteiger partial charge < -0.3 is 5.32 Å². The second-order valence-electron chi connectivity index (χ2n) is 5.01. The molecule has 0 radical (unpaired) electrons. The fourth-order valence-corrected chi connectivity index (χ4v) is 4.49. The second kappa shape index (κ2) is 8.20. The number of nitrogens with zero attached hydrogens (tertiary/aromatic N) is 4. The molecule has 6 nitrogen and oxygen atoms in total. The van der Waals surface area contributed by atoms with Crippen molar-refractivity contribution in [1.82, 2.24) is 15.2 Å². The van der Waals surface area contributed by atoms with Gasteiger partial charge in [-0.25, -0.2) is 4.98 Å². The maximum atomic E-state index is 12.3. The SMILES string of the molecule is Cc1csc([C@@H](C#N)C(=O)CSc2nnc(Nc3ccccc3)s2)n1. The van der Waals surface area contributed by atoms with Crippen molar-refractivity contribution < 1.29 is 4.79 Å². The van der Waals surface area contributed by atoms with Crippen LogP contribution >= 0.6 is 34.4 Å². The number of aromatic nitrogens is 3. The number of aryl methyl sites for hydroxylation is 1. The van der Waals surface area contributed by atoms with Crippen molar-refractivity contribution in [2.24, 2.45) is 0 Å². The number of benzene rings is 1. The van der Waals surface area contributed by atoms with E-state index in [-0.39, 0.29) is 11.5 Å². The number of thioether (sulfide) groups is 1. The Bertz CT molecular complexity index is 900. The number of rotatable bonds is 7. The van der Waals surface area contributed by atoms with Crippen molar-refractivity contribution in [1.29, 1.82) is 5.26 Å². The summed E-state index contributed by atoms with van der Waals surface area (Å²) in [6, 6.07) is 11.7. The smallest absolute Gasteiger partial charge is 0.210 e. The Morgan fingerprint density at radius 3 is 2.84 bits per heavy atom. The lowest BCUT2D eigenvalue weighted by atomic mass is 10.1. The molecule has 0 aliphatic carbocycles. The fraction of sp³-hybridized carbons (Fsp3) is 0.188. The lowest BCUT2D eigenvalue weighted by Crippen LogP contribution is -2.13. The number of Topliss-reactive ketones (excluding diaryl/α,β-unsaturated/α-hetero) is 1. The number of para-hydroxylation sites is 1. The third-order valence-electron chi connectivity index (χ3n) is 3.10. The van der Waals surface area contributed by atoms with Gasteiger partial charge in [0, 0.05) is 16.8 Å². The van der Waals surface area contributed by atoms with Crippen LogP contribution in [0.25, 0.3) is 0 Å². The summed E-state index contributed by atoms with van der Waals surface area (Å²) in [7, 11) is 0. The van der Waals surface area contributed by atoms with E-state index in [9.17, 15) is 10.1 Å². The predicted molar refractivity (Wildman–Crippen MR) is 101 cm³/mol. The molecule has 0 unspecified atom stereocenters. The van der Waals surface area contributed by atoms with Gasteiger partial charge in [0.15, 0.2) is 16.0 Å². The number of hydrogen-bond donors (Lipinski definition) is 1. The summed E-state index contributed by atoms with van der Waals surface area (Å²) in [6.45, 7) is 1.84. The van der Waals surface area contributed by atoms with Gasteiger partial charge >= 0.3 is 0 Å². The van der Waals surface area contributed by atoms with Gasteiger partial charge in [-0.3, -0.25) is 4.79 Å². The molecule has 1 N–H and O–H groups in total. The van der Waals surface area contributed by atoms with Crippen LogP contribution in [0.1, 0.15) is 16.6 Å². The largest absolute Gasteiger partial charge is 0.330 e. The highest BCUT2D eigenvalue weighted by Gasteiger charge is 2.23. The maximum absolute atomic E-state index is 12.3. The van der Waals surface area contributed by atoms with Crippen molar-refractivity contribution in [3.63, 3.8) is 0 Å². The molecule has 0 fully saturated rings. The van der Waals surface area contributed by atoms with Gasteiger partial charge in [0.05, 0.1) is 11.8 Å². The summed E-state index contributed by atoms with van der Waals surface area (Å²) in [4.78, 5) is 16.6. The Hall–Kier alpha value is -2.28. The van der Waals surface area contributed by atoms with Gasteiger partial charge in [-0.1, -0.05) is 41.3 Å². The van der Waals surface area contributed by atoms with Crippen LogP contribution in [0.15, 0.2) is 40.1 Å². The van der Waals surface area contributed by atoms with E-state index in [1.165, 1.54) is 34.4 Å². The summed E-state index contributed by atoms with van der Waals surface area (Å²) in [6.07, 6.45) is 0. The highest BCUT2D eigenvalue weighted by molar-refractivity contribution is 8.01. The van der Waals surface area contributed by atoms with E-state index in [1.807, 2.05) is 48.7 Å². The van der Waals surface area contributed by atoms with Crippen LogP contribution in [0.3, 0.4) is 0 Å². The van der Waals surface area contributed by atoms with Gasteiger partial charge in [-0.05, 0) is 19.1 Å². The average molecular weight is 388 g/mol. The topological polar surface area (TPSA) is 91.6 Å². The van der Waals surface area contributed by atoms with Crippen molar-refractivity contribution in [2.75, 3.05) is 11.1 Å². The van der Waals surface area contributed by atoms with Gasteiger partial charge in [0.1, 0.15) is 5.01 Å². The van der Waals surface area contributed by atoms with Crippen LogP contribution in [0.2, 0.25) is 0 Å². The molecule has 0 saturated carbocycles. The first kappa shape index (κ1) is 17.5. The van der Waals surface area contributed by atoms with Crippen LogP contribution in [-0.2, 0) is 4.79 Å². The number of thiazole rings is 1. The van der Waals surface area contributed by atoms with E-state index in [4.69, 9.17) is 0 Å². The molecule has 0 spiro atoms. The van der Waals surface area contributed by atoms with Crippen LogP contribution in [0.5, 0.6) is 0 Å². The zero-order chi connectivity index (χ0) is 17.6. The number of ketones is 1. The van der Waals surface area contributed by atoms with E-state index in [0.29, 0.717) is 14.5 Å². The Labute approximate surface area is 157 Å². The minimum atomic E-state index is -0.818. The number of nitriles is 1. The van der Waals surface area contributed by atoms with E-state index in [2.05, 4.69) is 20.5 Å². The molecule has 2 aromatic heterocycles. The summed E-state index contributed by atoms with van der Waals surface area (Å²) in [5.74, 6) is -0.827. The van der Waals surface area contributed by atoms with Crippen LogP contribution in [-0.4, -0.2) is 26.7 Å². The third kappa shape index (κ3) is 4.63. The van der Waals surface area contributed by atoms with Crippen molar-refractivity contribution >= 4 is 51.0 Å². The monoisotopic (exact) mass is 387 g/mol. The predicted octanol–water partition coefficient (Wildman–Crippen LogP) is 4.02. The Morgan fingerprint density at radius 2 is 2.16 bits per heavy atom. The normalized spacial score (nSPS) is 11.7. The number of carbonyl (C=O) groups excluding carboxylic acids is 1. The lowest BCUT2D eigenvalue weighted by Gasteiger charge is -2.03. The first-order chi connectivity index (χ1) is 12.2. The Morgan fingerprint density at radius 1 is 1.36 bits per heavy atom. The molecule has 2 heterocycles. The maximum Gasteiger partial charge on any atom is 0.210 e. The van der Waals surface area contributed by atoms with Crippen LogP contribution in [0, 0.1) is 18.3 Å². The average Bonchev–Trinajstić information content (AvgIpc) is 3.24. The van der Waals surface area contributed by atoms with Crippen molar-refractivity contribution in [3.8, 4) is 6.07 Å². The minimum Gasteiger partial charge on any atom is -0.330 e. The molecule has 25 heavy (non-hydrogen) atoms. The van der Waals surface area contributed by atoms with Gasteiger partial charge in [-0.2, -0.15) is 5.26 Å². The van der Waals surface area contributed by atoms with Crippen molar-refractivity contribution in [3.05, 3.63) is 46.4 Å². The van der Waals surface area contributed by atoms with E-state index in [0.717, 1.165) is 11.4 Å². The number of hydrogen-bond acceptors (Lipinski definition) is 9. The molecular formula is C16H13N5OS3. The van der Waals surface area contributed by atoms with Crippen LogP contribution in [0.4, 0.5) is 10.8 Å². The quantitative estimate of drug-likeness (QED) is 0.612. The molecule has 0 saturated heterocycles. The zero-order valence-electron chi connectivity index (χ0n) is 13.2. The van der Waals surface area contributed by atoms with E-state index >= 15 is 0 Å². The molecule has 126 valence electrons. The molecule has 0 aliphatic rings. The molecular weight excluding hydrogens is 374 g/mol. The number of anilines is 2. The van der Waals surface area contributed by atoms with Crippen LogP contribution < -0.4 is 5.32 Å². The molecule has 0 aliphatic heterocycles. The molecule has 0 bridgehead atoms. The number of nitrogens with one attached hydrogen (secondary N) is 1. The van der Waals surface area contributed by atoms with Gasteiger partial charge in [0.25, 0.3) is 0 Å². The van der Waals surface area contributed by atoms with E-state index < -0.39 is 5.92 Å². The fourth-order valence-electron chi connectivity index (χ4n) is 1.95. The first-order valence-electron chi connectivity index (χ1n) is 7.28. The highest BCUT2D eigenvalue weighted by Crippen LogP contribution is 2.29. The second-order valence-corrected chi connectivity index (χ2v) is 8.10. The van der Waals surface area contributed by atoms with Crippen molar-refractivity contribution in [2.45, 2.75) is 17.2 Å². The molecule has 9 heteroatoms. The lowest BCUT2D eigenvalue weighted by molar-refractivity contribution is -0.116. The molecule has 0 amide bonds. The summed E-state index contributed by atoms with van der Waals surface area (Å²) in [5.41, 5.74) is 1.75. The summed E-state index contributed by atoms with van der Waals surface area (Å²) >= 11 is 4.00. The number of carbonyl (C=O) groups is 1. The third-order valence-corrected chi connectivity index (χ3v) is 6.13. The molecule has 1 aromatic carbocycles. The zero-order valence-corrected chi connectivity index (χ0v) is 15.6.